The van der Waals surface area contributed by atoms with Gasteiger partial charge in [-0.25, -0.2) is 0 Å². The van der Waals surface area contributed by atoms with Crippen LogP contribution in [-0.4, -0.2) is 24.0 Å². The molecule has 132 valence electrons. The largest absolute Gasteiger partial charge is 0.496 e. The summed E-state index contributed by atoms with van der Waals surface area (Å²) in [4.78, 5) is 26.6. The average molecular weight is 387 g/mol. The Kier molecular flexibility index (Phi) is 5.06. The summed E-state index contributed by atoms with van der Waals surface area (Å²) in [5.41, 5.74) is 1.93. The Balaban J connectivity index is 2.05. The van der Waals surface area contributed by atoms with Crippen LogP contribution >= 0.6 is 23.8 Å². The second-order valence-corrected chi connectivity index (χ2v) is 6.43. The minimum atomic E-state index is -0.555. The maximum Gasteiger partial charge on any atom is 0.270 e. The van der Waals surface area contributed by atoms with E-state index in [1.54, 1.807) is 42.5 Å². The van der Waals surface area contributed by atoms with Gasteiger partial charge in [0.1, 0.15) is 11.3 Å². The van der Waals surface area contributed by atoms with Gasteiger partial charge >= 0.3 is 0 Å². The number of thiocarbonyl (C=S) groups is 1. The molecule has 5 nitrogen and oxygen atoms in total. The minimum absolute atomic E-state index is 0.0112. The SMILES string of the molecule is COc1ccccc1/C=C1\C(=O)NC(=S)N(c2ccc(C)c(Cl)c2)C1=O. The molecule has 0 aliphatic carbocycles. The van der Waals surface area contributed by atoms with Crippen LogP contribution in [-0.2, 0) is 9.59 Å². The van der Waals surface area contributed by atoms with Gasteiger partial charge in [0.05, 0.1) is 12.8 Å². The Morgan fingerprint density at radius 3 is 2.62 bits per heavy atom. The quantitative estimate of drug-likeness (QED) is 0.498. The zero-order valence-corrected chi connectivity index (χ0v) is 15.6. The molecule has 0 saturated carbocycles. The highest BCUT2D eigenvalue weighted by molar-refractivity contribution is 7.80. The number of hydrogen-bond acceptors (Lipinski definition) is 4. The number of methoxy groups -OCH3 is 1. The third-order valence-corrected chi connectivity index (χ3v) is 4.65. The van der Waals surface area contributed by atoms with Gasteiger partial charge in [-0.05, 0) is 49.0 Å². The van der Waals surface area contributed by atoms with Crippen LogP contribution in [0.5, 0.6) is 5.75 Å². The van der Waals surface area contributed by atoms with Crippen molar-refractivity contribution in [3.63, 3.8) is 0 Å². The summed E-state index contributed by atoms with van der Waals surface area (Å²) < 4.78 is 5.27. The number of nitrogens with zero attached hydrogens (tertiary/aromatic N) is 1. The van der Waals surface area contributed by atoms with Crippen LogP contribution in [0.4, 0.5) is 5.69 Å². The molecule has 0 radical (unpaired) electrons. The molecule has 1 saturated heterocycles. The van der Waals surface area contributed by atoms with Gasteiger partial charge in [0.2, 0.25) is 0 Å². The lowest BCUT2D eigenvalue weighted by Gasteiger charge is -2.29. The monoisotopic (exact) mass is 386 g/mol. The number of carbonyl (C=O) groups is 2. The van der Waals surface area contributed by atoms with Crippen molar-refractivity contribution in [2.24, 2.45) is 0 Å². The smallest absolute Gasteiger partial charge is 0.270 e. The molecule has 0 spiro atoms. The normalized spacial score (nSPS) is 16.0. The third kappa shape index (κ3) is 3.34. The number of nitrogens with one attached hydrogen (secondary N) is 1. The molecule has 26 heavy (non-hydrogen) atoms. The van der Waals surface area contributed by atoms with Crippen LogP contribution < -0.4 is 15.0 Å². The fourth-order valence-electron chi connectivity index (χ4n) is 2.55. The van der Waals surface area contributed by atoms with Gasteiger partial charge in [-0.2, -0.15) is 0 Å². The number of anilines is 1. The molecule has 2 amide bonds. The van der Waals surface area contributed by atoms with E-state index in [-0.39, 0.29) is 10.7 Å². The fourth-order valence-corrected chi connectivity index (χ4v) is 3.01. The number of hydrogen-bond donors (Lipinski definition) is 1. The second kappa shape index (κ2) is 7.27. The molecular weight excluding hydrogens is 372 g/mol. The predicted molar refractivity (Wildman–Crippen MR) is 105 cm³/mol. The van der Waals surface area contributed by atoms with E-state index < -0.39 is 11.8 Å². The van der Waals surface area contributed by atoms with Crippen molar-refractivity contribution in [3.05, 3.63) is 64.2 Å². The van der Waals surface area contributed by atoms with Crippen molar-refractivity contribution in [1.82, 2.24) is 5.32 Å². The highest BCUT2D eigenvalue weighted by Crippen LogP contribution is 2.28. The van der Waals surface area contributed by atoms with Crippen molar-refractivity contribution in [2.45, 2.75) is 6.92 Å². The molecule has 0 atom stereocenters. The Bertz CT molecular complexity index is 956. The van der Waals surface area contributed by atoms with E-state index in [0.29, 0.717) is 22.0 Å². The Labute approximate surface area is 161 Å². The summed E-state index contributed by atoms with van der Waals surface area (Å²) in [6, 6.07) is 12.3. The van der Waals surface area contributed by atoms with Crippen molar-refractivity contribution in [2.75, 3.05) is 12.0 Å². The van der Waals surface area contributed by atoms with E-state index in [2.05, 4.69) is 5.32 Å². The van der Waals surface area contributed by atoms with Gasteiger partial charge in [0.25, 0.3) is 11.8 Å². The van der Waals surface area contributed by atoms with Crippen molar-refractivity contribution < 1.29 is 14.3 Å². The topological polar surface area (TPSA) is 58.6 Å². The van der Waals surface area contributed by atoms with E-state index in [1.807, 2.05) is 6.92 Å². The number of carbonyl (C=O) groups excluding carboxylic acids is 2. The van der Waals surface area contributed by atoms with Crippen LogP contribution in [0.25, 0.3) is 6.08 Å². The number of aryl methyl sites for hydroxylation is 1. The van der Waals surface area contributed by atoms with Gasteiger partial charge in [-0.3, -0.25) is 19.8 Å². The summed E-state index contributed by atoms with van der Waals surface area (Å²) in [6.45, 7) is 1.86. The van der Waals surface area contributed by atoms with Crippen LogP contribution in [0.3, 0.4) is 0 Å². The summed E-state index contributed by atoms with van der Waals surface area (Å²) in [7, 11) is 1.52. The summed E-state index contributed by atoms with van der Waals surface area (Å²) in [5.74, 6) is -0.524. The molecule has 0 bridgehead atoms. The minimum Gasteiger partial charge on any atom is -0.496 e. The van der Waals surface area contributed by atoms with E-state index in [4.69, 9.17) is 28.6 Å². The van der Waals surface area contributed by atoms with Gasteiger partial charge in [0.15, 0.2) is 5.11 Å². The lowest BCUT2D eigenvalue weighted by Crippen LogP contribution is -2.54. The first-order valence-electron chi connectivity index (χ1n) is 7.73. The van der Waals surface area contributed by atoms with Crippen LogP contribution in [0.2, 0.25) is 5.02 Å². The van der Waals surface area contributed by atoms with Crippen LogP contribution in [0, 0.1) is 6.92 Å². The molecular formula is C19H15ClN2O3S. The lowest BCUT2D eigenvalue weighted by atomic mass is 10.1. The molecule has 0 unspecified atom stereocenters. The first kappa shape index (κ1) is 18.1. The van der Waals surface area contributed by atoms with E-state index in [1.165, 1.54) is 18.1 Å². The zero-order chi connectivity index (χ0) is 18.8. The number of benzene rings is 2. The van der Waals surface area contributed by atoms with E-state index >= 15 is 0 Å². The zero-order valence-electron chi connectivity index (χ0n) is 14.1. The number of halogens is 1. The molecule has 1 N–H and O–H groups in total. The average Bonchev–Trinajstić information content (AvgIpc) is 2.61. The molecule has 3 rings (SSSR count). The molecule has 1 aliphatic heterocycles. The lowest BCUT2D eigenvalue weighted by molar-refractivity contribution is -0.122. The maximum atomic E-state index is 13.0. The Morgan fingerprint density at radius 2 is 1.92 bits per heavy atom. The Morgan fingerprint density at radius 1 is 1.19 bits per heavy atom. The number of rotatable bonds is 3. The van der Waals surface area contributed by atoms with E-state index in [0.717, 1.165) is 5.56 Å². The van der Waals surface area contributed by atoms with Gasteiger partial charge in [-0.15, -0.1) is 0 Å². The Hall–Kier alpha value is -2.70. The molecule has 2 aromatic rings. The number of ether oxygens (including phenoxy) is 1. The van der Waals surface area contributed by atoms with Gasteiger partial charge in [0, 0.05) is 10.6 Å². The molecule has 1 heterocycles. The van der Waals surface area contributed by atoms with Crippen LogP contribution in [0.1, 0.15) is 11.1 Å². The summed E-state index contributed by atoms with van der Waals surface area (Å²) >= 11 is 11.3. The first-order valence-corrected chi connectivity index (χ1v) is 8.51. The second-order valence-electron chi connectivity index (χ2n) is 5.63. The highest BCUT2D eigenvalue weighted by atomic mass is 35.5. The summed E-state index contributed by atoms with van der Waals surface area (Å²) in [6.07, 6.45) is 1.49. The number of amides is 2. The molecule has 7 heteroatoms. The van der Waals surface area contributed by atoms with Crippen molar-refractivity contribution in [3.8, 4) is 5.75 Å². The van der Waals surface area contributed by atoms with Gasteiger partial charge in [-0.1, -0.05) is 35.9 Å². The summed E-state index contributed by atoms with van der Waals surface area (Å²) in [5, 5.41) is 3.06. The third-order valence-electron chi connectivity index (χ3n) is 3.95. The van der Waals surface area contributed by atoms with Gasteiger partial charge < -0.3 is 4.74 Å². The predicted octanol–water partition coefficient (Wildman–Crippen LogP) is 3.49. The van der Waals surface area contributed by atoms with Crippen LogP contribution in [0.15, 0.2) is 48.0 Å². The number of para-hydroxylation sites is 1. The highest BCUT2D eigenvalue weighted by Gasteiger charge is 2.34. The van der Waals surface area contributed by atoms with E-state index in [9.17, 15) is 9.59 Å². The standard InChI is InChI=1S/C19H15ClN2O3S/c1-11-7-8-13(10-15(11)20)22-18(24)14(17(23)21-19(22)26)9-12-5-3-4-6-16(12)25-2/h3-10H,1-2H3,(H,21,23,26)/b14-9+. The van der Waals surface area contributed by atoms with Crippen molar-refractivity contribution >= 4 is 52.5 Å². The fraction of sp³-hybridized carbons (Fsp3) is 0.105. The maximum absolute atomic E-state index is 13.0. The molecule has 0 aromatic heterocycles. The molecule has 1 aliphatic rings. The van der Waals surface area contributed by atoms with Crippen molar-refractivity contribution in [1.29, 1.82) is 0 Å². The first-order chi connectivity index (χ1) is 12.4. The molecule has 2 aromatic carbocycles. The molecule has 1 fully saturated rings.